The van der Waals surface area contributed by atoms with E-state index in [9.17, 15) is 0 Å². The van der Waals surface area contributed by atoms with E-state index in [0.29, 0.717) is 5.88 Å². The zero-order chi connectivity index (χ0) is 12.5. The molecular weight excluding hydrogens is 232 g/mol. The molecule has 0 amide bonds. The molecule has 0 saturated carbocycles. The highest BCUT2D eigenvalue weighted by molar-refractivity contribution is 6.17. The summed E-state index contributed by atoms with van der Waals surface area (Å²) in [5.74, 6) is 0.529. The Kier molecular flexibility index (Phi) is 3.25. The molecule has 0 saturated heterocycles. The van der Waals surface area contributed by atoms with Gasteiger partial charge in [-0.15, -0.1) is 11.6 Å². The zero-order valence-corrected chi connectivity index (χ0v) is 11.2. The first kappa shape index (κ1) is 12.2. The first-order valence-electron chi connectivity index (χ1n) is 5.72. The fourth-order valence-electron chi connectivity index (χ4n) is 1.65. The average Bonchev–Trinajstić information content (AvgIpc) is 2.78. The Bertz CT molecular complexity index is 509. The van der Waals surface area contributed by atoms with Crippen molar-refractivity contribution in [3.05, 3.63) is 47.8 Å². The SMILES string of the molecule is CC(C)(C)c1ccn(-c2cccc(CCl)c2)n1. The Labute approximate surface area is 107 Å². The van der Waals surface area contributed by atoms with Gasteiger partial charge in [0, 0.05) is 17.5 Å². The van der Waals surface area contributed by atoms with Crippen LogP contribution >= 0.6 is 11.6 Å². The van der Waals surface area contributed by atoms with Crippen molar-refractivity contribution in [2.75, 3.05) is 0 Å². The maximum Gasteiger partial charge on any atom is 0.0682 e. The Hall–Kier alpha value is -1.28. The van der Waals surface area contributed by atoms with E-state index in [2.05, 4.69) is 38.0 Å². The van der Waals surface area contributed by atoms with E-state index < -0.39 is 0 Å². The minimum Gasteiger partial charge on any atom is -0.241 e. The monoisotopic (exact) mass is 248 g/mol. The van der Waals surface area contributed by atoms with Crippen LogP contribution in [0.5, 0.6) is 0 Å². The summed E-state index contributed by atoms with van der Waals surface area (Å²) in [4.78, 5) is 0. The van der Waals surface area contributed by atoms with Crippen LogP contribution in [0, 0.1) is 0 Å². The van der Waals surface area contributed by atoms with Gasteiger partial charge < -0.3 is 0 Å². The van der Waals surface area contributed by atoms with E-state index in [1.807, 2.05) is 29.1 Å². The highest BCUT2D eigenvalue weighted by Crippen LogP contribution is 2.21. The number of nitrogens with zero attached hydrogens (tertiary/aromatic N) is 2. The van der Waals surface area contributed by atoms with Gasteiger partial charge >= 0.3 is 0 Å². The predicted octanol–water partition coefficient (Wildman–Crippen LogP) is 3.91. The molecule has 0 aliphatic rings. The molecule has 3 heteroatoms. The summed E-state index contributed by atoms with van der Waals surface area (Å²) < 4.78 is 1.90. The lowest BCUT2D eigenvalue weighted by Gasteiger charge is -2.14. The lowest BCUT2D eigenvalue weighted by Crippen LogP contribution is -2.12. The summed E-state index contributed by atoms with van der Waals surface area (Å²) in [6.07, 6.45) is 1.99. The summed E-state index contributed by atoms with van der Waals surface area (Å²) in [6.45, 7) is 6.48. The highest BCUT2D eigenvalue weighted by atomic mass is 35.5. The van der Waals surface area contributed by atoms with Gasteiger partial charge in [0.1, 0.15) is 0 Å². The van der Waals surface area contributed by atoms with Crippen molar-refractivity contribution in [1.29, 1.82) is 0 Å². The Balaban J connectivity index is 2.37. The standard InChI is InChI=1S/C14H17ClN2/c1-14(2,3)13-7-8-17(16-13)12-6-4-5-11(9-12)10-15/h4-9H,10H2,1-3H3. The number of rotatable bonds is 2. The van der Waals surface area contributed by atoms with Crippen LogP contribution in [-0.2, 0) is 11.3 Å². The first-order valence-corrected chi connectivity index (χ1v) is 6.25. The number of benzene rings is 1. The van der Waals surface area contributed by atoms with Crippen LogP contribution in [0.2, 0.25) is 0 Å². The van der Waals surface area contributed by atoms with E-state index in [0.717, 1.165) is 16.9 Å². The van der Waals surface area contributed by atoms with Crippen molar-refractivity contribution >= 4 is 11.6 Å². The summed E-state index contributed by atoms with van der Waals surface area (Å²) in [5.41, 5.74) is 3.33. The van der Waals surface area contributed by atoms with Gasteiger partial charge in [0.2, 0.25) is 0 Å². The second kappa shape index (κ2) is 4.53. The molecule has 0 fully saturated rings. The highest BCUT2D eigenvalue weighted by Gasteiger charge is 2.16. The number of halogens is 1. The third kappa shape index (κ3) is 2.70. The molecule has 17 heavy (non-hydrogen) atoms. The van der Waals surface area contributed by atoms with E-state index in [1.165, 1.54) is 0 Å². The molecule has 90 valence electrons. The third-order valence-electron chi connectivity index (χ3n) is 2.69. The molecule has 0 unspecified atom stereocenters. The molecule has 1 aromatic heterocycles. The third-order valence-corrected chi connectivity index (χ3v) is 3.00. The minimum atomic E-state index is 0.0787. The lowest BCUT2D eigenvalue weighted by molar-refractivity contribution is 0.560. The smallest absolute Gasteiger partial charge is 0.0682 e. The second-order valence-electron chi connectivity index (χ2n) is 5.20. The van der Waals surface area contributed by atoms with Crippen molar-refractivity contribution in [1.82, 2.24) is 9.78 Å². The number of hydrogen-bond donors (Lipinski definition) is 0. The van der Waals surface area contributed by atoms with Gasteiger partial charge in [0.25, 0.3) is 0 Å². The van der Waals surface area contributed by atoms with Crippen molar-refractivity contribution < 1.29 is 0 Å². The van der Waals surface area contributed by atoms with Crippen molar-refractivity contribution in [3.63, 3.8) is 0 Å². The minimum absolute atomic E-state index is 0.0787. The zero-order valence-electron chi connectivity index (χ0n) is 10.4. The molecule has 2 nitrogen and oxygen atoms in total. The molecule has 0 N–H and O–H groups in total. The number of aromatic nitrogens is 2. The Morgan fingerprint density at radius 1 is 1.24 bits per heavy atom. The predicted molar refractivity (Wildman–Crippen MR) is 71.8 cm³/mol. The topological polar surface area (TPSA) is 17.8 Å². The van der Waals surface area contributed by atoms with Crippen LogP contribution < -0.4 is 0 Å². The number of hydrogen-bond acceptors (Lipinski definition) is 1. The normalized spacial score (nSPS) is 11.8. The molecular formula is C14H17ClN2. The summed E-state index contributed by atoms with van der Waals surface area (Å²) in [6, 6.07) is 10.2. The molecule has 0 atom stereocenters. The fraction of sp³-hybridized carbons (Fsp3) is 0.357. The van der Waals surface area contributed by atoms with Gasteiger partial charge in [-0.25, -0.2) is 4.68 Å². The van der Waals surface area contributed by atoms with Gasteiger partial charge in [-0.1, -0.05) is 32.9 Å². The molecule has 1 heterocycles. The lowest BCUT2D eigenvalue weighted by atomic mass is 9.93. The van der Waals surface area contributed by atoms with Gasteiger partial charge in [-0.3, -0.25) is 0 Å². The van der Waals surface area contributed by atoms with Crippen LogP contribution in [0.1, 0.15) is 32.0 Å². The van der Waals surface area contributed by atoms with Crippen LogP contribution in [-0.4, -0.2) is 9.78 Å². The van der Waals surface area contributed by atoms with Crippen molar-refractivity contribution in [2.45, 2.75) is 32.1 Å². The molecule has 0 aliphatic heterocycles. The maximum absolute atomic E-state index is 5.83. The quantitative estimate of drug-likeness (QED) is 0.737. The van der Waals surface area contributed by atoms with Crippen LogP contribution in [0.3, 0.4) is 0 Å². The Morgan fingerprint density at radius 2 is 2.00 bits per heavy atom. The summed E-state index contributed by atoms with van der Waals surface area (Å²) in [7, 11) is 0. The molecule has 2 aromatic rings. The van der Waals surface area contributed by atoms with Crippen LogP contribution in [0.25, 0.3) is 5.69 Å². The molecule has 1 aromatic carbocycles. The van der Waals surface area contributed by atoms with Crippen molar-refractivity contribution in [2.24, 2.45) is 0 Å². The molecule has 0 aliphatic carbocycles. The van der Waals surface area contributed by atoms with Gasteiger partial charge in [0.05, 0.1) is 11.4 Å². The number of alkyl halides is 1. The largest absolute Gasteiger partial charge is 0.241 e. The molecule has 0 spiro atoms. The maximum atomic E-state index is 5.83. The molecule has 0 bridgehead atoms. The van der Waals surface area contributed by atoms with Crippen molar-refractivity contribution in [3.8, 4) is 5.69 Å². The second-order valence-corrected chi connectivity index (χ2v) is 5.47. The summed E-state index contributed by atoms with van der Waals surface area (Å²) >= 11 is 5.83. The fourth-order valence-corrected chi connectivity index (χ4v) is 1.82. The molecule has 0 radical (unpaired) electrons. The van der Waals surface area contributed by atoms with E-state index in [1.54, 1.807) is 0 Å². The van der Waals surface area contributed by atoms with Gasteiger partial charge in [0.15, 0.2) is 0 Å². The van der Waals surface area contributed by atoms with E-state index >= 15 is 0 Å². The van der Waals surface area contributed by atoms with Crippen LogP contribution in [0.15, 0.2) is 36.5 Å². The van der Waals surface area contributed by atoms with Gasteiger partial charge in [-0.2, -0.15) is 5.10 Å². The first-order chi connectivity index (χ1) is 8.00. The summed E-state index contributed by atoms with van der Waals surface area (Å²) in [5, 5.41) is 4.60. The van der Waals surface area contributed by atoms with Crippen LogP contribution in [0.4, 0.5) is 0 Å². The molecule has 2 rings (SSSR count). The van der Waals surface area contributed by atoms with E-state index in [-0.39, 0.29) is 5.41 Å². The Morgan fingerprint density at radius 3 is 2.59 bits per heavy atom. The average molecular weight is 249 g/mol. The van der Waals surface area contributed by atoms with Gasteiger partial charge in [-0.05, 0) is 23.8 Å². The van der Waals surface area contributed by atoms with E-state index in [4.69, 9.17) is 11.6 Å².